The molecule has 37 heavy (non-hydrogen) atoms. The van der Waals surface area contributed by atoms with Crippen molar-refractivity contribution >= 4 is 17.8 Å². The molecule has 1 aliphatic rings. The number of carbonyl (C=O) groups excluding carboxylic acids is 3. The molecule has 0 saturated carbocycles. The van der Waals surface area contributed by atoms with Crippen molar-refractivity contribution in [1.82, 2.24) is 9.80 Å². The van der Waals surface area contributed by atoms with E-state index in [1.165, 1.54) is 7.11 Å². The molecule has 200 valence electrons. The second-order valence-electron chi connectivity index (χ2n) is 8.75. The highest BCUT2D eigenvalue weighted by molar-refractivity contribution is 5.89. The van der Waals surface area contributed by atoms with E-state index in [2.05, 4.69) is 4.90 Å². The Bertz CT molecular complexity index is 1030. The molecule has 0 spiro atoms. The number of amides is 1. The number of esters is 2. The maximum atomic E-state index is 12.5. The minimum Gasteiger partial charge on any atom is -0.497 e. The first-order valence-electron chi connectivity index (χ1n) is 12.5. The van der Waals surface area contributed by atoms with Crippen molar-refractivity contribution in [1.29, 1.82) is 0 Å². The number of hydrogen-bond acceptors (Lipinski definition) is 8. The van der Waals surface area contributed by atoms with Gasteiger partial charge in [-0.1, -0.05) is 24.3 Å². The summed E-state index contributed by atoms with van der Waals surface area (Å²) in [6.45, 7) is 5.71. The van der Waals surface area contributed by atoms with Gasteiger partial charge in [0.25, 0.3) is 0 Å². The summed E-state index contributed by atoms with van der Waals surface area (Å²) in [5.74, 6) is 0.0159. The van der Waals surface area contributed by atoms with Crippen molar-refractivity contribution in [2.45, 2.75) is 32.5 Å². The van der Waals surface area contributed by atoms with Crippen LogP contribution < -0.4 is 4.74 Å². The zero-order valence-electron chi connectivity index (χ0n) is 21.8. The lowest BCUT2D eigenvalue weighted by molar-refractivity contribution is -0.146. The number of piperazine rings is 1. The lowest BCUT2D eigenvalue weighted by atomic mass is 10.1. The molecular formula is C28H36N2O7. The van der Waals surface area contributed by atoms with Crippen molar-refractivity contribution in [3.63, 3.8) is 0 Å². The average Bonchev–Trinajstić information content (AvgIpc) is 2.94. The SMILES string of the molecule is CCOC(=O)CCC(=O)N1CCN(C[C@H](OCc2ccc(C(=O)OC)cc2)c2cccc(OC)c2)CC1. The Morgan fingerprint density at radius 3 is 2.32 bits per heavy atom. The van der Waals surface area contributed by atoms with Gasteiger partial charge >= 0.3 is 11.9 Å². The quantitative estimate of drug-likeness (QED) is 0.400. The second kappa shape index (κ2) is 14.3. The number of benzene rings is 2. The first kappa shape index (κ1) is 28.1. The Morgan fingerprint density at radius 2 is 1.68 bits per heavy atom. The van der Waals surface area contributed by atoms with Crippen LogP contribution in [0.1, 0.15) is 47.4 Å². The Morgan fingerprint density at radius 1 is 0.946 bits per heavy atom. The van der Waals surface area contributed by atoms with E-state index in [9.17, 15) is 14.4 Å². The third-order valence-electron chi connectivity index (χ3n) is 6.29. The van der Waals surface area contributed by atoms with Gasteiger partial charge < -0.3 is 23.8 Å². The van der Waals surface area contributed by atoms with Gasteiger partial charge in [0.1, 0.15) is 5.75 Å². The van der Waals surface area contributed by atoms with Crippen LogP contribution in [0.25, 0.3) is 0 Å². The van der Waals surface area contributed by atoms with Gasteiger partial charge in [0, 0.05) is 39.1 Å². The molecule has 0 bridgehead atoms. The van der Waals surface area contributed by atoms with E-state index in [1.807, 2.05) is 36.4 Å². The lowest BCUT2D eigenvalue weighted by Crippen LogP contribution is -2.49. The monoisotopic (exact) mass is 512 g/mol. The minimum absolute atomic E-state index is 0.0244. The largest absolute Gasteiger partial charge is 0.497 e. The highest BCUT2D eigenvalue weighted by Crippen LogP contribution is 2.25. The van der Waals surface area contributed by atoms with E-state index in [0.717, 1.165) is 16.9 Å². The number of nitrogens with zero attached hydrogens (tertiary/aromatic N) is 2. The van der Waals surface area contributed by atoms with Crippen LogP contribution in [0.15, 0.2) is 48.5 Å². The fourth-order valence-corrected chi connectivity index (χ4v) is 4.16. The fourth-order valence-electron chi connectivity index (χ4n) is 4.16. The van der Waals surface area contributed by atoms with Crippen molar-refractivity contribution in [2.24, 2.45) is 0 Å². The molecule has 9 nitrogen and oxygen atoms in total. The molecule has 0 aliphatic carbocycles. The predicted octanol–water partition coefficient (Wildman–Crippen LogP) is 3.23. The van der Waals surface area contributed by atoms with Gasteiger partial charge in [-0.05, 0) is 42.3 Å². The van der Waals surface area contributed by atoms with Crippen LogP contribution in [0.5, 0.6) is 5.75 Å². The number of carbonyl (C=O) groups is 3. The van der Waals surface area contributed by atoms with Crippen LogP contribution >= 0.6 is 0 Å². The van der Waals surface area contributed by atoms with Crippen molar-refractivity contribution in [3.05, 3.63) is 65.2 Å². The molecule has 1 heterocycles. The van der Waals surface area contributed by atoms with Gasteiger partial charge in [-0.15, -0.1) is 0 Å². The fraction of sp³-hybridized carbons (Fsp3) is 0.464. The summed E-state index contributed by atoms with van der Waals surface area (Å²) < 4.78 is 21.4. The standard InChI is InChI=1S/C28H36N2O7/c1-4-36-27(32)13-12-26(31)30-16-14-29(15-17-30)19-25(23-6-5-7-24(18-23)34-2)37-20-21-8-10-22(11-9-21)28(33)35-3/h5-11,18,25H,4,12-17,19-20H2,1-3H3/t25-/m0/s1. The number of methoxy groups -OCH3 is 2. The molecule has 0 unspecified atom stereocenters. The first-order valence-corrected chi connectivity index (χ1v) is 12.5. The first-order chi connectivity index (χ1) is 17.9. The maximum Gasteiger partial charge on any atom is 0.337 e. The van der Waals surface area contributed by atoms with Crippen LogP contribution in [-0.4, -0.2) is 81.2 Å². The van der Waals surface area contributed by atoms with E-state index in [-0.39, 0.29) is 36.8 Å². The minimum atomic E-state index is -0.375. The molecule has 1 aliphatic heterocycles. The summed E-state index contributed by atoms with van der Waals surface area (Å²) in [7, 11) is 2.99. The van der Waals surface area contributed by atoms with E-state index < -0.39 is 0 Å². The molecule has 0 radical (unpaired) electrons. The van der Waals surface area contributed by atoms with Gasteiger partial charge in [-0.25, -0.2) is 4.79 Å². The lowest BCUT2D eigenvalue weighted by Gasteiger charge is -2.36. The number of rotatable bonds is 12. The molecule has 3 rings (SSSR count). The predicted molar refractivity (Wildman–Crippen MR) is 137 cm³/mol. The van der Waals surface area contributed by atoms with Crippen LogP contribution in [0.2, 0.25) is 0 Å². The van der Waals surface area contributed by atoms with Crippen molar-refractivity contribution in [2.75, 3.05) is 53.6 Å². The van der Waals surface area contributed by atoms with E-state index in [1.54, 1.807) is 31.1 Å². The maximum absolute atomic E-state index is 12.5. The smallest absolute Gasteiger partial charge is 0.337 e. The highest BCUT2D eigenvalue weighted by Gasteiger charge is 2.25. The normalized spacial score (nSPS) is 14.6. The molecule has 1 saturated heterocycles. The van der Waals surface area contributed by atoms with Gasteiger partial charge in [0.2, 0.25) is 5.91 Å². The zero-order valence-corrected chi connectivity index (χ0v) is 21.8. The molecule has 1 fully saturated rings. The molecule has 2 aromatic carbocycles. The van der Waals surface area contributed by atoms with Crippen LogP contribution in [-0.2, 0) is 30.4 Å². The number of ether oxygens (including phenoxy) is 4. The zero-order chi connectivity index (χ0) is 26.6. The van der Waals surface area contributed by atoms with Crippen LogP contribution in [0.3, 0.4) is 0 Å². The molecule has 2 aromatic rings. The highest BCUT2D eigenvalue weighted by atomic mass is 16.5. The van der Waals surface area contributed by atoms with Crippen LogP contribution in [0, 0.1) is 0 Å². The van der Waals surface area contributed by atoms with Gasteiger partial charge in [-0.2, -0.15) is 0 Å². The molecule has 1 amide bonds. The third-order valence-corrected chi connectivity index (χ3v) is 6.29. The van der Waals surface area contributed by atoms with Crippen molar-refractivity contribution < 1.29 is 33.3 Å². The Labute approximate surface area is 218 Å². The van der Waals surface area contributed by atoms with Gasteiger partial charge in [-0.3, -0.25) is 14.5 Å². The Balaban J connectivity index is 1.59. The van der Waals surface area contributed by atoms with E-state index >= 15 is 0 Å². The summed E-state index contributed by atoms with van der Waals surface area (Å²) in [4.78, 5) is 39.9. The summed E-state index contributed by atoms with van der Waals surface area (Å²) in [5.41, 5.74) is 2.43. The summed E-state index contributed by atoms with van der Waals surface area (Å²) in [6.07, 6.45) is 0.0593. The Hall–Kier alpha value is -3.43. The summed E-state index contributed by atoms with van der Waals surface area (Å²) in [6, 6.07) is 15.0. The molecule has 1 atom stereocenters. The molecule has 9 heteroatoms. The average molecular weight is 513 g/mol. The van der Waals surface area contributed by atoms with E-state index in [4.69, 9.17) is 18.9 Å². The van der Waals surface area contributed by atoms with Crippen molar-refractivity contribution in [3.8, 4) is 5.75 Å². The Kier molecular flexibility index (Phi) is 10.9. The van der Waals surface area contributed by atoms with Gasteiger partial charge in [0.15, 0.2) is 0 Å². The third kappa shape index (κ3) is 8.58. The molecule has 0 N–H and O–H groups in total. The summed E-state index contributed by atoms with van der Waals surface area (Å²) in [5, 5.41) is 0. The van der Waals surface area contributed by atoms with Crippen LogP contribution in [0.4, 0.5) is 0 Å². The second-order valence-corrected chi connectivity index (χ2v) is 8.75. The molecule has 0 aromatic heterocycles. The van der Waals surface area contributed by atoms with Gasteiger partial charge in [0.05, 0.1) is 45.5 Å². The summed E-state index contributed by atoms with van der Waals surface area (Å²) >= 11 is 0. The molecular weight excluding hydrogens is 476 g/mol. The topological polar surface area (TPSA) is 94.6 Å². The van der Waals surface area contributed by atoms with E-state index in [0.29, 0.717) is 51.5 Å². The number of hydrogen-bond donors (Lipinski definition) is 0.